The molecule has 0 radical (unpaired) electrons. The van der Waals surface area contributed by atoms with Crippen molar-refractivity contribution in [3.8, 4) is 11.3 Å². The van der Waals surface area contributed by atoms with Gasteiger partial charge in [0.25, 0.3) is 11.2 Å². The van der Waals surface area contributed by atoms with Crippen molar-refractivity contribution in [2.45, 2.75) is 12.7 Å². The Kier molecular flexibility index (Phi) is 5.74. The Balaban J connectivity index is 2.19. The number of carbonyl (C=O) groups is 1. The molecule has 1 heterocycles. The van der Waals surface area contributed by atoms with E-state index >= 15 is 0 Å². The molecule has 0 saturated carbocycles. The van der Waals surface area contributed by atoms with Crippen LogP contribution in [0.5, 0.6) is 0 Å². The Bertz CT molecular complexity index is 1180. The Morgan fingerprint density at radius 1 is 1.10 bits per heavy atom. The van der Waals surface area contributed by atoms with Crippen molar-refractivity contribution in [1.82, 2.24) is 4.57 Å². The van der Waals surface area contributed by atoms with Gasteiger partial charge in [0, 0.05) is 12.2 Å². The van der Waals surface area contributed by atoms with Gasteiger partial charge in [0.2, 0.25) is 0 Å². The molecule has 3 aromatic rings. The van der Waals surface area contributed by atoms with Crippen molar-refractivity contribution < 1.29 is 22.7 Å². The van der Waals surface area contributed by atoms with Gasteiger partial charge in [-0.2, -0.15) is 13.2 Å². The zero-order valence-electron chi connectivity index (χ0n) is 15.7. The van der Waals surface area contributed by atoms with E-state index in [1.54, 1.807) is 42.5 Å². The molecule has 1 aromatic heterocycles. The summed E-state index contributed by atoms with van der Waals surface area (Å²) in [5.41, 5.74) is -1.97. The van der Waals surface area contributed by atoms with Crippen LogP contribution in [0, 0.1) is 6.57 Å². The maximum Gasteiger partial charge on any atom is 0.407 e. The van der Waals surface area contributed by atoms with E-state index in [1.165, 1.54) is 19.2 Å². The number of aromatic nitrogens is 1. The summed E-state index contributed by atoms with van der Waals surface area (Å²) in [5, 5.41) is 0. The SMILES string of the molecule is [C-]#[N+]c1c(C(F)(F)F)cc(-c2ccccc2)n(Cc2ccc(C(=O)OC)cc2)c1=O. The smallest absolute Gasteiger partial charge is 0.407 e. The number of pyridine rings is 1. The normalized spacial score (nSPS) is 11.0. The zero-order chi connectivity index (χ0) is 21.9. The number of hydrogen-bond acceptors (Lipinski definition) is 3. The highest BCUT2D eigenvalue weighted by Gasteiger charge is 2.36. The maximum atomic E-state index is 13.5. The standard InChI is InChI=1S/C22H15F3N2O3/c1-26-19-17(22(23,24)25)12-18(15-6-4-3-5-7-15)27(20(19)28)13-14-8-10-16(11-9-14)21(29)30-2/h3-12H,13H2,2H3. The van der Waals surface area contributed by atoms with E-state index in [4.69, 9.17) is 6.57 Å². The summed E-state index contributed by atoms with van der Waals surface area (Å²) in [5.74, 6) is -0.534. The van der Waals surface area contributed by atoms with Crippen LogP contribution in [0.1, 0.15) is 21.5 Å². The molecule has 0 aliphatic heterocycles. The van der Waals surface area contributed by atoms with Crippen molar-refractivity contribution in [3.05, 3.63) is 99.1 Å². The van der Waals surface area contributed by atoms with Gasteiger partial charge in [-0.15, -0.1) is 0 Å². The molecule has 0 saturated heterocycles. The van der Waals surface area contributed by atoms with Gasteiger partial charge in [-0.1, -0.05) is 42.5 Å². The lowest BCUT2D eigenvalue weighted by Gasteiger charge is -2.18. The molecule has 0 atom stereocenters. The third-order valence-electron chi connectivity index (χ3n) is 4.48. The fraction of sp³-hybridized carbons (Fsp3) is 0.136. The number of nitrogens with zero attached hydrogens (tertiary/aromatic N) is 2. The number of benzene rings is 2. The minimum Gasteiger partial charge on any atom is -0.465 e. The van der Waals surface area contributed by atoms with Gasteiger partial charge in [-0.25, -0.2) is 9.64 Å². The van der Waals surface area contributed by atoms with Gasteiger partial charge >= 0.3 is 12.1 Å². The zero-order valence-corrected chi connectivity index (χ0v) is 15.7. The highest BCUT2D eigenvalue weighted by atomic mass is 19.4. The van der Waals surface area contributed by atoms with Crippen LogP contribution in [-0.2, 0) is 17.5 Å². The number of alkyl halides is 3. The van der Waals surface area contributed by atoms with Gasteiger partial charge in [0.1, 0.15) is 0 Å². The highest BCUT2D eigenvalue weighted by molar-refractivity contribution is 5.89. The minimum absolute atomic E-state index is 0.0392. The fourth-order valence-electron chi connectivity index (χ4n) is 3.01. The first-order chi connectivity index (χ1) is 14.3. The maximum absolute atomic E-state index is 13.5. The van der Waals surface area contributed by atoms with Crippen LogP contribution in [-0.4, -0.2) is 17.6 Å². The summed E-state index contributed by atoms with van der Waals surface area (Å²) in [7, 11) is 1.25. The number of esters is 1. The average molecular weight is 412 g/mol. The molecule has 0 amide bonds. The van der Waals surface area contributed by atoms with Gasteiger partial charge in [-0.05, 0) is 29.3 Å². The molecule has 0 N–H and O–H groups in total. The van der Waals surface area contributed by atoms with E-state index in [2.05, 4.69) is 9.58 Å². The van der Waals surface area contributed by atoms with Crippen LogP contribution in [0.4, 0.5) is 18.9 Å². The third kappa shape index (κ3) is 4.10. The van der Waals surface area contributed by atoms with E-state index in [0.717, 1.165) is 10.6 Å². The number of rotatable bonds is 4. The van der Waals surface area contributed by atoms with Gasteiger partial charge in [0.15, 0.2) is 0 Å². The topological polar surface area (TPSA) is 52.7 Å². The van der Waals surface area contributed by atoms with Crippen molar-refractivity contribution in [2.75, 3.05) is 7.11 Å². The molecular weight excluding hydrogens is 397 g/mol. The average Bonchev–Trinajstić information content (AvgIpc) is 2.74. The first kappa shape index (κ1) is 20.9. The lowest BCUT2D eigenvalue weighted by atomic mass is 10.1. The molecule has 0 bridgehead atoms. The summed E-state index contributed by atoms with van der Waals surface area (Å²) in [4.78, 5) is 27.3. The molecule has 8 heteroatoms. The number of ether oxygens (including phenoxy) is 1. The summed E-state index contributed by atoms with van der Waals surface area (Å²) in [6.07, 6.45) is -4.84. The minimum atomic E-state index is -4.84. The number of carbonyl (C=O) groups excluding carboxylic acids is 1. The summed E-state index contributed by atoms with van der Waals surface area (Å²) in [6, 6.07) is 15.1. The number of methoxy groups -OCH3 is 1. The molecule has 0 aliphatic rings. The van der Waals surface area contributed by atoms with E-state index in [9.17, 15) is 22.8 Å². The van der Waals surface area contributed by atoms with Crippen molar-refractivity contribution >= 4 is 11.7 Å². The first-order valence-electron chi connectivity index (χ1n) is 8.71. The molecule has 30 heavy (non-hydrogen) atoms. The van der Waals surface area contributed by atoms with E-state index < -0.39 is 29.0 Å². The predicted octanol–water partition coefficient (Wildman–Crippen LogP) is 4.92. The Morgan fingerprint density at radius 3 is 2.27 bits per heavy atom. The van der Waals surface area contributed by atoms with Crippen LogP contribution in [0.2, 0.25) is 0 Å². The second-order valence-electron chi connectivity index (χ2n) is 6.35. The lowest BCUT2D eigenvalue weighted by molar-refractivity contribution is -0.136. The van der Waals surface area contributed by atoms with Gasteiger partial charge in [-0.3, -0.25) is 4.79 Å². The van der Waals surface area contributed by atoms with Crippen LogP contribution < -0.4 is 5.56 Å². The lowest BCUT2D eigenvalue weighted by Crippen LogP contribution is -2.25. The van der Waals surface area contributed by atoms with Crippen molar-refractivity contribution in [2.24, 2.45) is 0 Å². The number of hydrogen-bond donors (Lipinski definition) is 0. The molecular formula is C22H15F3N2O3. The second-order valence-corrected chi connectivity index (χ2v) is 6.35. The molecule has 0 unspecified atom stereocenters. The molecule has 3 rings (SSSR count). The van der Waals surface area contributed by atoms with Crippen LogP contribution >= 0.6 is 0 Å². The second kappa shape index (κ2) is 8.25. The molecule has 0 aliphatic carbocycles. The van der Waals surface area contributed by atoms with Crippen LogP contribution in [0.3, 0.4) is 0 Å². The van der Waals surface area contributed by atoms with Gasteiger partial charge in [0.05, 0.1) is 24.8 Å². The quantitative estimate of drug-likeness (QED) is 0.452. The third-order valence-corrected chi connectivity index (χ3v) is 4.48. The van der Waals surface area contributed by atoms with Crippen molar-refractivity contribution in [1.29, 1.82) is 0 Å². The summed E-state index contributed by atoms with van der Waals surface area (Å²) in [6.45, 7) is 7.04. The van der Waals surface area contributed by atoms with Crippen LogP contribution in [0.15, 0.2) is 65.5 Å². The molecule has 152 valence electrons. The van der Waals surface area contributed by atoms with Crippen molar-refractivity contribution in [3.63, 3.8) is 0 Å². The molecule has 0 spiro atoms. The molecule has 2 aromatic carbocycles. The van der Waals surface area contributed by atoms with Crippen LogP contribution in [0.25, 0.3) is 16.1 Å². The van der Waals surface area contributed by atoms with E-state index in [0.29, 0.717) is 16.7 Å². The molecule has 5 nitrogen and oxygen atoms in total. The highest BCUT2D eigenvalue weighted by Crippen LogP contribution is 2.37. The first-order valence-corrected chi connectivity index (χ1v) is 8.71. The summed E-state index contributed by atoms with van der Waals surface area (Å²) < 4.78 is 46.2. The Morgan fingerprint density at radius 2 is 1.73 bits per heavy atom. The monoisotopic (exact) mass is 412 g/mol. The van der Waals surface area contributed by atoms with Gasteiger partial charge < -0.3 is 9.30 Å². The largest absolute Gasteiger partial charge is 0.465 e. The Labute approximate surface area is 169 Å². The number of halogens is 3. The predicted molar refractivity (Wildman–Crippen MR) is 104 cm³/mol. The van der Waals surface area contributed by atoms with E-state index in [-0.39, 0.29) is 12.2 Å². The fourth-order valence-corrected chi connectivity index (χ4v) is 3.01. The van der Waals surface area contributed by atoms with E-state index in [1.807, 2.05) is 0 Å². The summed E-state index contributed by atoms with van der Waals surface area (Å²) >= 11 is 0. The Hall–Kier alpha value is -3.86. The molecule has 0 fully saturated rings.